The lowest BCUT2D eigenvalue weighted by Crippen LogP contribution is -2.29. The van der Waals surface area contributed by atoms with E-state index < -0.39 is 0 Å². The summed E-state index contributed by atoms with van der Waals surface area (Å²) in [6.07, 6.45) is 1.68. The molecule has 0 fully saturated rings. The normalized spacial score (nSPS) is 12.2. The van der Waals surface area contributed by atoms with Crippen molar-refractivity contribution in [2.45, 2.75) is 6.42 Å². The number of carbonyl (C=O) groups excluding carboxylic acids is 1. The highest BCUT2D eigenvalue weighted by Crippen LogP contribution is 2.35. The zero-order chi connectivity index (χ0) is 17.8. The van der Waals surface area contributed by atoms with Crippen LogP contribution in [0.4, 0.5) is 0 Å². The number of hydrogen-bond acceptors (Lipinski definition) is 7. The second kappa shape index (κ2) is 7.49. The topological polar surface area (TPSA) is 82.8 Å². The maximum absolute atomic E-state index is 12.0. The molecule has 0 aliphatic carbocycles. The number of aromatic nitrogens is 1. The molecule has 0 saturated heterocycles. The molecule has 4 rings (SSSR count). The van der Waals surface area contributed by atoms with Crippen molar-refractivity contribution in [2.75, 3.05) is 19.9 Å². The average molecular weight is 372 g/mol. The Hall–Kier alpha value is -3.00. The van der Waals surface area contributed by atoms with Crippen LogP contribution < -0.4 is 19.5 Å². The zero-order valence-corrected chi connectivity index (χ0v) is 14.6. The van der Waals surface area contributed by atoms with Crippen LogP contribution in [0.2, 0.25) is 0 Å². The first-order chi connectivity index (χ1) is 12.8. The molecule has 1 N–H and O–H groups in total. The lowest BCUT2D eigenvalue weighted by molar-refractivity contribution is -0.120. The highest BCUT2D eigenvalue weighted by molar-refractivity contribution is 7.13. The van der Waals surface area contributed by atoms with Gasteiger partial charge in [-0.25, -0.2) is 4.98 Å². The van der Waals surface area contributed by atoms with Gasteiger partial charge in [0.15, 0.2) is 11.5 Å². The van der Waals surface area contributed by atoms with Crippen molar-refractivity contribution < 1.29 is 23.4 Å². The molecule has 0 spiro atoms. The lowest BCUT2D eigenvalue weighted by Gasteiger charge is -2.08. The third kappa shape index (κ3) is 3.80. The summed E-state index contributed by atoms with van der Waals surface area (Å²) in [5.41, 5.74) is 0.600. The van der Waals surface area contributed by atoms with Crippen molar-refractivity contribution in [3.8, 4) is 28.0 Å². The van der Waals surface area contributed by atoms with Crippen LogP contribution in [0.5, 0.6) is 17.2 Å². The number of hydrogen-bond donors (Lipinski definition) is 1. The third-order valence-electron chi connectivity index (χ3n) is 3.66. The van der Waals surface area contributed by atoms with E-state index in [2.05, 4.69) is 10.3 Å². The molecule has 1 aliphatic heterocycles. The molecule has 7 nitrogen and oxygen atoms in total. The first-order valence-electron chi connectivity index (χ1n) is 8.05. The van der Waals surface area contributed by atoms with E-state index in [0.29, 0.717) is 42.0 Å². The number of fused-ring (bicyclic) bond motifs is 1. The summed E-state index contributed by atoms with van der Waals surface area (Å²) in [7, 11) is 0. The highest BCUT2D eigenvalue weighted by atomic mass is 32.1. The molecule has 3 aromatic rings. The largest absolute Gasteiger partial charge is 0.492 e. The smallest absolute Gasteiger partial charge is 0.236 e. The zero-order valence-electron chi connectivity index (χ0n) is 13.8. The van der Waals surface area contributed by atoms with E-state index in [1.165, 1.54) is 6.26 Å². The molecule has 0 radical (unpaired) electrons. The number of rotatable bonds is 7. The number of nitrogens with zero attached hydrogens (tertiary/aromatic N) is 1. The third-order valence-corrected chi connectivity index (χ3v) is 4.52. The fourth-order valence-electron chi connectivity index (χ4n) is 2.45. The Morgan fingerprint density at radius 3 is 3.08 bits per heavy atom. The number of amides is 1. The molecule has 2 aromatic heterocycles. The van der Waals surface area contributed by atoms with E-state index in [0.717, 1.165) is 4.88 Å². The molecule has 0 bridgehead atoms. The Balaban J connectivity index is 1.21. The molecule has 26 heavy (non-hydrogen) atoms. The molecule has 1 amide bonds. The number of carbonyl (C=O) groups is 1. The van der Waals surface area contributed by atoms with Gasteiger partial charge in [0.1, 0.15) is 18.6 Å². The minimum Gasteiger partial charge on any atom is -0.492 e. The first kappa shape index (κ1) is 16.5. The number of oxazole rings is 1. The van der Waals surface area contributed by atoms with E-state index in [9.17, 15) is 4.79 Å². The van der Waals surface area contributed by atoms with Crippen molar-refractivity contribution in [3.05, 3.63) is 47.7 Å². The Bertz CT molecular complexity index is 891. The average Bonchev–Trinajstić information content (AvgIpc) is 3.38. The number of ether oxygens (including phenoxy) is 3. The van der Waals surface area contributed by atoms with Gasteiger partial charge in [0, 0.05) is 6.07 Å². The monoisotopic (exact) mass is 372 g/mol. The molecule has 1 aromatic carbocycles. The van der Waals surface area contributed by atoms with E-state index in [1.807, 2.05) is 17.5 Å². The minimum atomic E-state index is -0.134. The van der Waals surface area contributed by atoms with Crippen molar-refractivity contribution in [2.24, 2.45) is 0 Å². The van der Waals surface area contributed by atoms with Crippen molar-refractivity contribution in [1.29, 1.82) is 0 Å². The maximum atomic E-state index is 12.0. The van der Waals surface area contributed by atoms with Crippen LogP contribution in [-0.2, 0) is 11.2 Å². The Morgan fingerprint density at radius 2 is 2.19 bits per heavy atom. The summed E-state index contributed by atoms with van der Waals surface area (Å²) < 4.78 is 21.5. The number of nitrogens with one attached hydrogen (secondary N) is 1. The van der Waals surface area contributed by atoms with Crippen LogP contribution in [0.1, 0.15) is 5.69 Å². The Labute approximate surface area is 153 Å². The van der Waals surface area contributed by atoms with Crippen LogP contribution in [0, 0.1) is 0 Å². The van der Waals surface area contributed by atoms with E-state index in [4.69, 9.17) is 18.6 Å². The molecule has 0 atom stereocenters. The van der Waals surface area contributed by atoms with Gasteiger partial charge in [-0.1, -0.05) is 6.07 Å². The molecule has 3 heterocycles. The van der Waals surface area contributed by atoms with E-state index in [1.54, 1.807) is 29.5 Å². The Kier molecular flexibility index (Phi) is 4.74. The van der Waals surface area contributed by atoms with Gasteiger partial charge in [-0.2, -0.15) is 0 Å². The summed E-state index contributed by atoms with van der Waals surface area (Å²) >= 11 is 1.54. The van der Waals surface area contributed by atoms with Crippen LogP contribution in [-0.4, -0.2) is 30.8 Å². The van der Waals surface area contributed by atoms with E-state index >= 15 is 0 Å². The number of benzene rings is 1. The van der Waals surface area contributed by atoms with Crippen molar-refractivity contribution in [3.63, 3.8) is 0 Å². The van der Waals surface area contributed by atoms with E-state index in [-0.39, 0.29) is 19.1 Å². The molecular formula is C18H16N2O5S. The van der Waals surface area contributed by atoms with Gasteiger partial charge in [-0.3, -0.25) is 4.79 Å². The fourth-order valence-corrected chi connectivity index (χ4v) is 3.11. The molecule has 0 saturated carbocycles. The fraction of sp³-hybridized carbons (Fsp3) is 0.222. The van der Waals surface area contributed by atoms with Gasteiger partial charge in [-0.05, 0) is 23.6 Å². The summed E-state index contributed by atoms with van der Waals surface area (Å²) in [5, 5.41) is 4.75. The van der Waals surface area contributed by atoms with Gasteiger partial charge in [0.25, 0.3) is 0 Å². The second-order valence-corrected chi connectivity index (χ2v) is 6.46. The molecular weight excluding hydrogens is 356 g/mol. The van der Waals surface area contributed by atoms with Crippen LogP contribution in [0.3, 0.4) is 0 Å². The molecule has 134 valence electrons. The molecule has 1 aliphatic rings. The van der Waals surface area contributed by atoms with Gasteiger partial charge >= 0.3 is 0 Å². The molecule has 8 heteroatoms. The summed E-state index contributed by atoms with van der Waals surface area (Å²) in [5.74, 6) is 2.44. The standard InChI is InChI=1S/C18H16N2O5S/c21-17(8-12-10-23-18(20-12)16-2-1-7-26-16)19-5-6-22-13-3-4-14-15(9-13)25-11-24-14/h1-4,7,9-10H,5-6,8,11H2,(H,19,21). The second-order valence-electron chi connectivity index (χ2n) is 5.51. The van der Waals surface area contributed by atoms with Crippen LogP contribution in [0.25, 0.3) is 10.8 Å². The molecule has 0 unspecified atom stereocenters. The summed E-state index contributed by atoms with van der Waals surface area (Å²) in [6, 6.07) is 9.22. The predicted molar refractivity (Wildman–Crippen MR) is 94.6 cm³/mol. The van der Waals surface area contributed by atoms with Crippen LogP contribution >= 0.6 is 11.3 Å². The van der Waals surface area contributed by atoms with Gasteiger partial charge in [-0.15, -0.1) is 11.3 Å². The predicted octanol–water partition coefficient (Wildman–Crippen LogP) is 2.87. The highest BCUT2D eigenvalue weighted by Gasteiger charge is 2.14. The lowest BCUT2D eigenvalue weighted by atomic mass is 10.3. The van der Waals surface area contributed by atoms with Gasteiger partial charge < -0.3 is 23.9 Å². The SMILES string of the molecule is O=C(Cc1coc(-c2cccs2)n1)NCCOc1ccc2c(c1)OCO2. The maximum Gasteiger partial charge on any atom is 0.236 e. The van der Waals surface area contributed by atoms with Gasteiger partial charge in [0.05, 0.1) is 23.5 Å². The van der Waals surface area contributed by atoms with Crippen LogP contribution in [0.15, 0.2) is 46.4 Å². The summed E-state index contributed by atoms with van der Waals surface area (Å²) in [4.78, 5) is 17.3. The van der Waals surface area contributed by atoms with Crippen molar-refractivity contribution in [1.82, 2.24) is 10.3 Å². The summed E-state index contributed by atoms with van der Waals surface area (Å²) in [6.45, 7) is 0.971. The van der Waals surface area contributed by atoms with Crippen molar-refractivity contribution >= 4 is 17.2 Å². The quantitative estimate of drug-likeness (QED) is 0.642. The van der Waals surface area contributed by atoms with Gasteiger partial charge in [0.2, 0.25) is 18.6 Å². The minimum absolute atomic E-state index is 0.134. The Morgan fingerprint density at radius 1 is 1.27 bits per heavy atom. The first-order valence-corrected chi connectivity index (χ1v) is 8.93. The number of thiophene rings is 1.